The molecule has 9 atom stereocenters. The van der Waals surface area contributed by atoms with Gasteiger partial charge in [0.1, 0.15) is 17.8 Å². The minimum Gasteiger partial charge on any atom is -0.469 e. The molecule has 7 unspecified atom stereocenters. The second kappa shape index (κ2) is 13.2. The van der Waals surface area contributed by atoms with Crippen LogP contribution in [-0.4, -0.2) is 86.1 Å². The summed E-state index contributed by atoms with van der Waals surface area (Å²) in [6.45, 7) is 8.46. The smallest absolute Gasteiger partial charge is 0.308 e. The molecule has 1 spiro atoms. The van der Waals surface area contributed by atoms with Gasteiger partial charge in [0.2, 0.25) is 5.91 Å². The Morgan fingerprint density at radius 2 is 1.95 bits per heavy atom. The van der Waals surface area contributed by atoms with Crippen LogP contribution in [-0.2, 0) is 33.3 Å². The molecule has 3 aliphatic heterocycles. The highest BCUT2D eigenvalue weighted by Gasteiger charge is 2.58. The molecule has 0 bridgehead atoms. The van der Waals surface area contributed by atoms with Crippen molar-refractivity contribution in [1.82, 2.24) is 5.32 Å². The van der Waals surface area contributed by atoms with Gasteiger partial charge in [0.05, 0.1) is 50.6 Å². The Labute approximate surface area is 220 Å². The van der Waals surface area contributed by atoms with E-state index in [2.05, 4.69) is 18.3 Å². The molecule has 3 heterocycles. The quantitative estimate of drug-likeness (QED) is 0.195. The Morgan fingerprint density at radius 1 is 1.22 bits per heavy atom. The second-order valence-corrected chi connectivity index (χ2v) is 10.6. The molecule has 0 aromatic rings. The van der Waals surface area contributed by atoms with Gasteiger partial charge in [-0.15, -0.1) is 0 Å². The van der Waals surface area contributed by atoms with Crippen molar-refractivity contribution in [3.63, 3.8) is 0 Å². The standard InChI is InChI=1S/C28H43NO8/c1-17(8-11-24-27(32)28(16-35-28)15-21(37-24)14-26(31)34-6)7-10-23-18(2)13-22(20(4)36-23)29-25(30)12-9-19(3)33-5/h7-9,11-12,18-24,27,32H,10,13-16H2,1-6H3,(H,29,30)/b11-8+,12-9-,17-7+/t18?,19?,20?,21-,22?,23?,24?,27-,28?/m1/s1. The number of aliphatic hydroxyl groups is 1. The average Bonchev–Trinajstić information content (AvgIpc) is 3.64. The topological polar surface area (TPSA) is 116 Å². The molecule has 3 aliphatic rings. The van der Waals surface area contributed by atoms with Crippen molar-refractivity contribution in [2.45, 2.75) is 102 Å². The van der Waals surface area contributed by atoms with E-state index in [1.54, 1.807) is 13.2 Å². The first-order valence-corrected chi connectivity index (χ1v) is 13.1. The third-order valence-corrected chi connectivity index (χ3v) is 7.57. The van der Waals surface area contributed by atoms with Crippen molar-refractivity contribution >= 4 is 11.9 Å². The molecule has 3 saturated heterocycles. The molecule has 208 valence electrons. The van der Waals surface area contributed by atoms with Gasteiger partial charge in [-0.1, -0.05) is 36.8 Å². The van der Waals surface area contributed by atoms with Gasteiger partial charge in [0.15, 0.2) is 0 Å². The van der Waals surface area contributed by atoms with Crippen LogP contribution in [0.1, 0.15) is 53.4 Å². The van der Waals surface area contributed by atoms with Crippen molar-refractivity contribution in [3.8, 4) is 0 Å². The molecule has 3 rings (SSSR count). The molecule has 0 aliphatic carbocycles. The van der Waals surface area contributed by atoms with E-state index in [0.717, 1.165) is 18.4 Å². The lowest BCUT2D eigenvalue weighted by Gasteiger charge is -2.39. The third-order valence-electron chi connectivity index (χ3n) is 7.57. The fourth-order valence-electron chi connectivity index (χ4n) is 4.93. The number of esters is 1. The number of aliphatic hydroxyl groups excluding tert-OH is 1. The summed E-state index contributed by atoms with van der Waals surface area (Å²) in [5.74, 6) is -0.216. The van der Waals surface area contributed by atoms with Crippen molar-refractivity contribution in [2.75, 3.05) is 20.8 Å². The van der Waals surface area contributed by atoms with Gasteiger partial charge in [0.25, 0.3) is 0 Å². The summed E-state index contributed by atoms with van der Waals surface area (Å²) >= 11 is 0. The fourth-order valence-corrected chi connectivity index (χ4v) is 4.93. The van der Waals surface area contributed by atoms with Crippen LogP contribution in [0.25, 0.3) is 0 Å². The van der Waals surface area contributed by atoms with Gasteiger partial charge in [-0.05, 0) is 39.5 Å². The Bertz CT molecular complexity index is 879. The van der Waals surface area contributed by atoms with Crippen molar-refractivity contribution in [2.24, 2.45) is 5.92 Å². The number of allylic oxidation sites excluding steroid dienone is 2. The van der Waals surface area contributed by atoms with Crippen LogP contribution < -0.4 is 5.32 Å². The minimum atomic E-state index is -0.785. The van der Waals surface area contributed by atoms with Crippen LogP contribution in [0.2, 0.25) is 0 Å². The van der Waals surface area contributed by atoms with Gasteiger partial charge >= 0.3 is 5.97 Å². The van der Waals surface area contributed by atoms with E-state index in [-0.39, 0.29) is 54.7 Å². The molecule has 3 fully saturated rings. The van der Waals surface area contributed by atoms with Crippen LogP contribution in [0.3, 0.4) is 0 Å². The first-order chi connectivity index (χ1) is 17.6. The monoisotopic (exact) mass is 521 g/mol. The predicted octanol–water partition coefficient (Wildman–Crippen LogP) is 2.62. The zero-order valence-corrected chi connectivity index (χ0v) is 22.8. The number of carbonyl (C=O) groups excluding carboxylic acids is 2. The summed E-state index contributed by atoms with van der Waals surface area (Å²) < 4.78 is 27.7. The number of ether oxygens (including phenoxy) is 5. The molecule has 9 nitrogen and oxygen atoms in total. The van der Waals surface area contributed by atoms with Gasteiger partial charge in [-0.25, -0.2) is 0 Å². The highest BCUT2D eigenvalue weighted by Crippen LogP contribution is 2.43. The maximum absolute atomic E-state index is 12.3. The maximum Gasteiger partial charge on any atom is 0.308 e. The lowest BCUT2D eigenvalue weighted by Crippen LogP contribution is -2.50. The van der Waals surface area contributed by atoms with E-state index in [1.165, 1.54) is 13.2 Å². The van der Waals surface area contributed by atoms with E-state index < -0.39 is 17.8 Å². The van der Waals surface area contributed by atoms with Gasteiger partial charge < -0.3 is 34.1 Å². The third kappa shape index (κ3) is 8.22. The van der Waals surface area contributed by atoms with Crippen molar-refractivity contribution < 1.29 is 38.4 Å². The van der Waals surface area contributed by atoms with Crippen molar-refractivity contribution in [1.29, 1.82) is 0 Å². The average molecular weight is 522 g/mol. The number of methoxy groups -OCH3 is 2. The summed E-state index contributed by atoms with van der Waals surface area (Å²) in [6.07, 6.45) is 9.40. The SMILES string of the molecule is COC(=O)C[C@@H]1CC2(CO2)[C@H](O)C(/C=C/C(C)=C/CC2OC(C)C(NC(=O)/C=C\C(C)OC)CC2C)O1. The predicted molar refractivity (Wildman–Crippen MR) is 138 cm³/mol. The zero-order chi connectivity index (χ0) is 27.2. The minimum absolute atomic E-state index is 0.0413. The van der Waals surface area contributed by atoms with Crippen molar-refractivity contribution in [3.05, 3.63) is 36.0 Å². The molecule has 0 saturated carbocycles. The summed E-state index contributed by atoms with van der Waals surface area (Å²) in [4.78, 5) is 24.0. The van der Waals surface area contributed by atoms with Crippen LogP contribution >= 0.6 is 0 Å². The number of nitrogens with one attached hydrogen (secondary N) is 1. The summed E-state index contributed by atoms with van der Waals surface area (Å²) in [5.41, 5.74) is 0.391. The molecule has 37 heavy (non-hydrogen) atoms. The van der Waals surface area contributed by atoms with Gasteiger partial charge in [0, 0.05) is 19.6 Å². The van der Waals surface area contributed by atoms with Gasteiger partial charge in [-0.3, -0.25) is 9.59 Å². The summed E-state index contributed by atoms with van der Waals surface area (Å²) in [7, 11) is 2.96. The summed E-state index contributed by atoms with van der Waals surface area (Å²) in [6, 6.07) is -0.0499. The zero-order valence-electron chi connectivity index (χ0n) is 22.8. The van der Waals surface area contributed by atoms with E-state index in [0.29, 0.717) is 13.0 Å². The van der Waals surface area contributed by atoms with E-state index in [1.807, 2.05) is 32.9 Å². The highest BCUT2D eigenvalue weighted by molar-refractivity contribution is 5.87. The van der Waals surface area contributed by atoms with E-state index >= 15 is 0 Å². The molecule has 2 N–H and O–H groups in total. The lowest BCUT2D eigenvalue weighted by molar-refractivity contribution is -0.157. The Kier molecular flexibility index (Phi) is 10.5. The molecule has 9 heteroatoms. The normalized spacial score (nSPS) is 37.2. The van der Waals surface area contributed by atoms with E-state index in [4.69, 9.17) is 23.7 Å². The number of amides is 1. The van der Waals surface area contributed by atoms with Crippen LogP contribution in [0.15, 0.2) is 36.0 Å². The second-order valence-electron chi connectivity index (χ2n) is 10.6. The number of rotatable bonds is 10. The Morgan fingerprint density at radius 3 is 2.59 bits per heavy atom. The van der Waals surface area contributed by atoms with Crippen LogP contribution in [0, 0.1) is 5.92 Å². The molecule has 0 radical (unpaired) electrons. The summed E-state index contributed by atoms with van der Waals surface area (Å²) in [5, 5.41) is 13.8. The number of carbonyl (C=O) groups is 2. The number of hydrogen-bond acceptors (Lipinski definition) is 8. The molecule has 0 aromatic heterocycles. The van der Waals surface area contributed by atoms with Crippen LogP contribution in [0.4, 0.5) is 0 Å². The van der Waals surface area contributed by atoms with E-state index in [9.17, 15) is 14.7 Å². The lowest BCUT2D eigenvalue weighted by atomic mass is 9.87. The highest BCUT2D eigenvalue weighted by atomic mass is 16.6. The Hall–Kier alpha value is -2.04. The molecule has 0 aromatic carbocycles. The molecular weight excluding hydrogens is 478 g/mol. The first kappa shape index (κ1) is 29.5. The van der Waals surface area contributed by atoms with Gasteiger partial charge in [-0.2, -0.15) is 0 Å². The largest absolute Gasteiger partial charge is 0.469 e. The molecular formula is C28H43NO8. The number of epoxide rings is 1. The van der Waals surface area contributed by atoms with Crippen LogP contribution in [0.5, 0.6) is 0 Å². The molecule has 1 amide bonds. The number of hydrogen-bond donors (Lipinski definition) is 2. The Balaban J connectivity index is 1.51. The maximum atomic E-state index is 12.3. The first-order valence-electron chi connectivity index (χ1n) is 13.1. The fraction of sp³-hybridized carbons (Fsp3) is 0.714.